The number of aryl methyl sites for hydroxylation is 1. The summed E-state index contributed by atoms with van der Waals surface area (Å²) in [5, 5.41) is 2.49. The molecular weight excluding hydrogens is 305 g/mol. The summed E-state index contributed by atoms with van der Waals surface area (Å²) >= 11 is 0. The third kappa shape index (κ3) is 3.31. The number of carbonyl (C=O) groups excluding carboxylic acids is 1. The van der Waals surface area contributed by atoms with Gasteiger partial charge in [0.05, 0.1) is 12.2 Å². The molecule has 2 aromatic carbocycles. The average molecular weight is 320 g/mol. The number of halogens is 3. The molecule has 1 N–H and O–H groups in total. The van der Waals surface area contributed by atoms with Crippen molar-refractivity contribution < 1.29 is 18.0 Å². The number of hydrogen-bond acceptors (Lipinski definition) is 2. The van der Waals surface area contributed by atoms with E-state index in [0.29, 0.717) is 24.2 Å². The highest BCUT2D eigenvalue weighted by molar-refractivity contribution is 5.94. The second-order valence-corrected chi connectivity index (χ2v) is 5.45. The van der Waals surface area contributed by atoms with Crippen LogP contribution >= 0.6 is 0 Å². The van der Waals surface area contributed by atoms with Crippen LogP contribution in [0.3, 0.4) is 0 Å². The van der Waals surface area contributed by atoms with E-state index in [1.54, 1.807) is 11.0 Å². The van der Waals surface area contributed by atoms with Crippen LogP contribution in [0, 0.1) is 17.5 Å². The standard InChI is InChI=1S/C17H15F3N2O/c18-12-5-1-2-6-15(12)21-17(23)10-22-7-3-4-11-8-13(19)14(20)9-16(11)22/h1-2,5-6,8-9H,3-4,7,10H2,(H,21,23). The summed E-state index contributed by atoms with van der Waals surface area (Å²) in [6.45, 7) is 0.509. The maximum Gasteiger partial charge on any atom is 0.243 e. The number of nitrogens with one attached hydrogen (secondary N) is 1. The van der Waals surface area contributed by atoms with Crippen LogP contribution in [0.2, 0.25) is 0 Å². The fraction of sp³-hybridized carbons (Fsp3) is 0.235. The van der Waals surface area contributed by atoms with Gasteiger partial charge in [-0.2, -0.15) is 0 Å². The smallest absolute Gasteiger partial charge is 0.243 e. The molecule has 0 aliphatic carbocycles. The number of anilines is 2. The second-order valence-electron chi connectivity index (χ2n) is 5.45. The van der Waals surface area contributed by atoms with E-state index in [1.807, 2.05) is 0 Å². The summed E-state index contributed by atoms with van der Waals surface area (Å²) in [4.78, 5) is 13.8. The molecule has 1 aliphatic rings. The predicted molar refractivity (Wildman–Crippen MR) is 81.9 cm³/mol. The molecule has 0 atom stereocenters. The van der Waals surface area contributed by atoms with Crippen LogP contribution in [0.1, 0.15) is 12.0 Å². The van der Waals surface area contributed by atoms with Crippen LogP contribution in [0.25, 0.3) is 0 Å². The first kappa shape index (κ1) is 15.4. The van der Waals surface area contributed by atoms with Gasteiger partial charge in [0.1, 0.15) is 5.82 Å². The number of nitrogens with zero attached hydrogens (tertiary/aromatic N) is 1. The number of benzene rings is 2. The molecule has 1 heterocycles. The van der Waals surface area contributed by atoms with E-state index in [0.717, 1.165) is 12.5 Å². The van der Waals surface area contributed by atoms with Gasteiger partial charge in [0.15, 0.2) is 11.6 Å². The van der Waals surface area contributed by atoms with Crippen molar-refractivity contribution in [1.29, 1.82) is 0 Å². The Morgan fingerprint density at radius 3 is 2.61 bits per heavy atom. The van der Waals surface area contributed by atoms with Crippen LogP contribution in [0.5, 0.6) is 0 Å². The minimum absolute atomic E-state index is 0.0492. The second kappa shape index (κ2) is 6.32. The average Bonchev–Trinajstić information content (AvgIpc) is 2.51. The lowest BCUT2D eigenvalue weighted by molar-refractivity contribution is -0.115. The van der Waals surface area contributed by atoms with Crippen molar-refractivity contribution in [3.8, 4) is 0 Å². The van der Waals surface area contributed by atoms with E-state index in [-0.39, 0.29) is 12.2 Å². The number of amides is 1. The minimum Gasteiger partial charge on any atom is -0.362 e. The summed E-state index contributed by atoms with van der Waals surface area (Å²) in [6, 6.07) is 8.15. The molecule has 1 aliphatic heterocycles. The Bertz CT molecular complexity index is 749. The molecule has 0 unspecified atom stereocenters. The fourth-order valence-corrected chi connectivity index (χ4v) is 2.74. The van der Waals surface area contributed by atoms with E-state index in [4.69, 9.17) is 0 Å². The lowest BCUT2D eigenvalue weighted by Crippen LogP contribution is -2.37. The molecule has 23 heavy (non-hydrogen) atoms. The van der Waals surface area contributed by atoms with Crippen molar-refractivity contribution in [1.82, 2.24) is 0 Å². The van der Waals surface area contributed by atoms with E-state index < -0.39 is 23.4 Å². The molecule has 3 rings (SSSR count). The van der Waals surface area contributed by atoms with Gasteiger partial charge in [-0.15, -0.1) is 0 Å². The summed E-state index contributed by atoms with van der Waals surface area (Å²) in [5.74, 6) is -2.76. The molecule has 2 aromatic rings. The monoisotopic (exact) mass is 320 g/mol. The number of para-hydroxylation sites is 1. The molecule has 0 saturated heterocycles. The first-order valence-electron chi connectivity index (χ1n) is 7.32. The largest absolute Gasteiger partial charge is 0.362 e. The Morgan fingerprint density at radius 1 is 1.09 bits per heavy atom. The molecule has 0 spiro atoms. The lowest BCUT2D eigenvalue weighted by atomic mass is 10.0. The maximum atomic E-state index is 13.5. The SMILES string of the molecule is O=C(CN1CCCc2cc(F)c(F)cc21)Nc1ccccc1F. The molecule has 0 bridgehead atoms. The predicted octanol–water partition coefficient (Wildman–Crippen LogP) is 3.50. The molecule has 0 aromatic heterocycles. The van der Waals surface area contributed by atoms with Crippen LogP contribution < -0.4 is 10.2 Å². The Hall–Kier alpha value is -2.50. The zero-order valence-corrected chi connectivity index (χ0v) is 12.3. The van der Waals surface area contributed by atoms with Gasteiger partial charge in [-0.25, -0.2) is 13.2 Å². The summed E-state index contributed by atoms with van der Waals surface area (Å²) in [6.07, 6.45) is 1.38. The Morgan fingerprint density at radius 2 is 1.83 bits per heavy atom. The summed E-state index contributed by atoms with van der Waals surface area (Å²) in [7, 11) is 0. The van der Waals surface area contributed by atoms with E-state index in [2.05, 4.69) is 5.32 Å². The van der Waals surface area contributed by atoms with Gasteiger partial charge < -0.3 is 10.2 Å². The minimum atomic E-state index is -0.940. The summed E-state index contributed by atoms with van der Waals surface area (Å²) < 4.78 is 40.3. The first-order valence-corrected chi connectivity index (χ1v) is 7.32. The van der Waals surface area contributed by atoms with Gasteiger partial charge in [0.25, 0.3) is 0 Å². The molecule has 1 amide bonds. The fourth-order valence-electron chi connectivity index (χ4n) is 2.74. The van der Waals surface area contributed by atoms with Crippen LogP contribution in [0.4, 0.5) is 24.5 Å². The van der Waals surface area contributed by atoms with Gasteiger partial charge in [0, 0.05) is 18.3 Å². The maximum absolute atomic E-state index is 13.5. The Labute approximate surface area is 131 Å². The topological polar surface area (TPSA) is 32.3 Å². The normalized spacial score (nSPS) is 13.6. The summed E-state index contributed by atoms with van der Waals surface area (Å²) in [5.41, 5.74) is 1.28. The lowest BCUT2D eigenvalue weighted by Gasteiger charge is -2.30. The van der Waals surface area contributed by atoms with Gasteiger partial charge in [0.2, 0.25) is 5.91 Å². The van der Waals surface area contributed by atoms with Crippen molar-refractivity contribution in [2.45, 2.75) is 12.8 Å². The number of hydrogen-bond donors (Lipinski definition) is 1. The zero-order chi connectivity index (χ0) is 16.4. The van der Waals surface area contributed by atoms with Crippen molar-refractivity contribution in [2.24, 2.45) is 0 Å². The molecule has 0 saturated carbocycles. The van der Waals surface area contributed by atoms with Crippen molar-refractivity contribution >= 4 is 17.3 Å². The molecule has 3 nitrogen and oxygen atoms in total. The van der Waals surface area contributed by atoms with Crippen LogP contribution in [-0.4, -0.2) is 19.0 Å². The highest BCUT2D eigenvalue weighted by atomic mass is 19.2. The van der Waals surface area contributed by atoms with Crippen LogP contribution in [0.15, 0.2) is 36.4 Å². The van der Waals surface area contributed by atoms with Gasteiger partial charge in [-0.1, -0.05) is 12.1 Å². The van der Waals surface area contributed by atoms with E-state index >= 15 is 0 Å². The molecule has 0 radical (unpaired) electrons. The quantitative estimate of drug-likeness (QED) is 0.939. The molecular formula is C17H15F3N2O. The molecule has 120 valence electrons. The van der Waals surface area contributed by atoms with Crippen LogP contribution in [-0.2, 0) is 11.2 Å². The highest BCUT2D eigenvalue weighted by Crippen LogP contribution is 2.29. The zero-order valence-electron chi connectivity index (χ0n) is 12.3. The van der Waals surface area contributed by atoms with Gasteiger partial charge >= 0.3 is 0 Å². The first-order chi connectivity index (χ1) is 11.0. The number of carbonyl (C=O) groups is 1. The van der Waals surface area contributed by atoms with E-state index in [1.165, 1.54) is 24.3 Å². The van der Waals surface area contributed by atoms with Crippen molar-refractivity contribution in [2.75, 3.05) is 23.3 Å². The highest BCUT2D eigenvalue weighted by Gasteiger charge is 2.22. The third-order valence-corrected chi connectivity index (χ3v) is 3.82. The number of rotatable bonds is 3. The molecule has 6 heteroatoms. The number of fused-ring (bicyclic) bond motifs is 1. The Balaban J connectivity index is 1.76. The third-order valence-electron chi connectivity index (χ3n) is 3.82. The van der Waals surface area contributed by atoms with Gasteiger partial charge in [-0.3, -0.25) is 4.79 Å². The van der Waals surface area contributed by atoms with E-state index in [9.17, 15) is 18.0 Å². The Kier molecular flexibility index (Phi) is 4.23. The van der Waals surface area contributed by atoms with Crippen molar-refractivity contribution in [3.63, 3.8) is 0 Å². The van der Waals surface area contributed by atoms with Crippen molar-refractivity contribution in [3.05, 3.63) is 59.4 Å². The molecule has 0 fully saturated rings. The van der Waals surface area contributed by atoms with Gasteiger partial charge in [-0.05, 0) is 36.6 Å².